The highest BCUT2D eigenvalue weighted by atomic mass is 19.1. The Balaban J connectivity index is 1.47. The van der Waals surface area contributed by atoms with Gasteiger partial charge in [-0.15, -0.1) is 0 Å². The van der Waals surface area contributed by atoms with Crippen LogP contribution in [0.2, 0.25) is 0 Å². The van der Waals surface area contributed by atoms with Gasteiger partial charge in [-0.05, 0) is 36.7 Å². The van der Waals surface area contributed by atoms with Crippen LogP contribution in [-0.4, -0.2) is 26.2 Å². The lowest BCUT2D eigenvalue weighted by molar-refractivity contribution is 0.218. The summed E-state index contributed by atoms with van der Waals surface area (Å²) in [6.07, 6.45) is 7.15. The summed E-state index contributed by atoms with van der Waals surface area (Å²) in [5.41, 5.74) is 0.726. The second-order valence-corrected chi connectivity index (χ2v) is 8.04. The van der Waals surface area contributed by atoms with Crippen molar-refractivity contribution in [1.29, 1.82) is 0 Å². The van der Waals surface area contributed by atoms with Crippen LogP contribution in [0.15, 0.2) is 24.4 Å². The number of nitrogens with zero attached hydrogens (tertiary/aromatic N) is 3. The van der Waals surface area contributed by atoms with Crippen LogP contribution in [0.4, 0.5) is 14.6 Å². The smallest absolute Gasteiger partial charge is 0.183 e. The number of para-hydroxylation sites is 1. The fraction of sp³-hybridized carbons (Fsp3) is 0.476. The molecule has 2 bridgehead atoms. The summed E-state index contributed by atoms with van der Waals surface area (Å²) in [6, 6.07) is 4.96. The summed E-state index contributed by atoms with van der Waals surface area (Å²) in [7, 11) is 0. The quantitative estimate of drug-likeness (QED) is 0.671. The van der Waals surface area contributed by atoms with Crippen LogP contribution in [0.5, 0.6) is 0 Å². The van der Waals surface area contributed by atoms with Gasteiger partial charge in [0.2, 0.25) is 0 Å². The van der Waals surface area contributed by atoms with Crippen LogP contribution < -0.4 is 5.32 Å². The van der Waals surface area contributed by atoms with Crippen molar-refractivity contribution in [2.45, 2.75) is 45.1 Å². The first-order chi connectivity index (χ1) is 13.7. The molecule has 0 spiro atoms. The maximum absolute atomic E-state index is 14.5. The van der Waals surface area contributed by atoms with Gasteiger partial charge in [0.15, 0.2) is 23.3 Å². The monoisotopic (exact) mass is 383 g/mol. The second kappa shape index (κ2) is 6.79. The van der Waals surface area contributed by atoms with Gasteiger partial charge < -0.3 is 5.32 Å². The Hall–Kier alpha value is -2.57. The highest BCUT2D eigenvalue weighted by Gasteiger charge is 2.44. The maximum atomic E-state index is 14.5. The molecule has 0 amide bonds. The topological polar surface area (TPSA) is 66.5 Å². The summed E-state index contributed by atoms with van der Waals surface area (Å²) in [6.45, 7) is 2.25. The molecule has 7 heteroatoms. The van der Waals surface area contributed by atoms with E-state index in [1.165, 1.54) is 37.9 Å². The Morgan fingerprint density at radius 1 is 1.21 bits per heavy atom. The average molecular weight is 383 g/mol. The van der Waals surface area contributed by atoms with Crippen LogP contribution in [-0.2, 0) is 0 Å². The van der Waals surface area contributed by atoms with Crippen molar-refractivity contribution < 1.29 is 8.78 Å². The van der Waals surface area contributed by atoms with E-state index in [4.69, 9.17) is 0 Å². The van der Waals surface area contributed by atoms with E-state index in [1.807, 2.05) is 0 Å². The van der Waals surface area contributed by atoms with Crippen molar-refractivity contribution in [1.82, 2.24) is 20.2 Å². The van der Waals surface area contributed by atoms with Gasteiger partial charge in [0.1, 0.15) is 11.2 Å². The third kappa shape index (κ3) is 2.75. The molecule has 2 N–H and O–H groups in total. The highest BCUT2D eigenvalue weighted by Crippen LogP contribution is 2.49. The molecule has 146 valence electrons. The summed E-state index contributed by atoms with van der Waals surface area (Å²) in [5.74, 6) is 1.67. The van der Waals surface area contributed by atoms with Crippen molar-refractivity contribution in [3.63, 3.8) is 0 Å². The molecule has 0 radical (unpaired) electrons. The first-order valence-electron chi connectivity index (χ1n) is 10.1. The third-order valence-electron chi connectivity index (χ3n) is 6.64. The molecule has 5 rings (SSSR count). The molecule has 28 heavy (non-hydrogen) atoms. The fourth-order valence-corrected chi connectivity index (χ4v) is 5.43. The lowest BCUT2D eigenvalue weighted by Gasteiger charge is -2.30. The summed E-state index contributed by atoms with van der Waals surface area (Å²) in [4.78, 5) is 8.55. The van der Waals surface area contributed by atoms with Gasteiger partial charge in [-0.1, -0.05) is 38.3 Å². The number of anilines is 1. The highest BCUT2D eigenvalue weighted by molar-refractivity contribution is 5.91. The molecule has 2 saturated carbocycles. The summed E-state index contributed by atoms with van der Waals surface area (Å²) < 4.78 is 28.4. The van der Waals surface area contributed by atoms with Crippen molar-refractivity contribution in [3.05, 3.63) is 36.0 Å². The molecule has 4 atom stereocenters. The molecule has 2 aliphatic carbocycles. The Labute approximate surface area is 162 Å². The Kier molecular flexibility index (Phi) is 4.25. The molecule has 0 aliphatic heterocycles. The first kappa shape index (κ1) is 17.5. The lowest BCUT2D eigenvalue weighted by atomic mass is 9.77. The van der Waals surface area contributed by atoms with E-state index >= 15 is 0 Å². The minimum atomic E-state index is -0.465. The fourth-order valence-electron chi connectivity index (χ4n) is 5.43. The third-order valence-corrected chi connectivity index (χ3v) is 6.64. The van der Waals surface area contributed by atoms with Crippen LogP contribution in [0.1, 0.15) is 39.0 Å². The molecule has 3 aromatic rings. The van der Waals surface area contributed by atoms with Gasteiger partial charge in [-0.25, -0.2) is 18.7 Å². The van der Waals surface area contributed by atoms with E-state index in [0.717, 1.165) is 18.3 Å². The zero-order chi connectivity index (χ0) is 19.3. The number of fused-ring (bicyclic) bond motifs is 3. The summed E-state index contributed by atoms with van der Waals surface area (Å²) in [5, 5.41) is 10.8. The second-order valence-electron chi connectivity index (χ2n) is 8.04. The largest absolute Gasteiger partial charge is 0.364 e. The van der Waals surface area contributed by atoms with Gasteiger partial charge in [-0.3, -0.25) is 5.10 Å². The van der Waals surface area contributed by atoms with Crippen LogP contribution >= 0.6 is 0 Å². The van der Waals surface area contributed by atoms with Gasteiger partial charge >= 0.3 is 0 Å². The normalized spacial score (nSPS) is 26.7. The van der Waals surface area contributed by atoms with Crippen molar-refractivity contribution in [2.24, 2.45) is 17.8 Å². The zero-order valence-electron chi connectivity index (χ0n) is 15.8. The first-order valence-corrected chi connectivity index (χ1v) is 10.1. The molecular weight excluding hydrogens is 360 g/mol. The van der Waals surface area contributed by atoms with Crippen molar-refractivity contribution in [2.75, 3.05) is 5.32 Å². The van der Waals surface area contributed by atoms with Gasteiger partial charge in [-0.2, -0.15) is 5.10 Å². The predicted molar refractivity (Wildman–Crippen MR) is 104 cm³/mol. The van der Waals surface area contributed by atoms with E-state index in [-0.39, 0.29) is 17.4 Å². The standard InChI is InChI=1S/C21H23F2N5/c1-2-12-11-5-3-6-13(12)17(9-11)25-20-16(23)10-24-21(26-20)19-14-7-4-8-15(22)18(14)27-28-19/h4,7-8,10-13,17H,2-3,5-6,9H2,1H3,(H,27,28)(H,24,25,26). The number of rotatable bonds is 4. The van der Waals surface area contributed by atoms with E-state index < -0.39 is 11.6 Å². The van der Waals surface area contributed by atoms with Crippen LogP contribution in [0.25, 0.3) is 22.4 Å². The predicted octanol–water partition coefficient (Wildman–Crippen LogP) is 4.92. The molecule has 2 aliphatic rings. The molecular formula is C21H23F2N5. The molecule has 2 aromatic heterocycles. The van der Waals surface area contributed by atoms with Crippen molar-refractivity contribution in [3.8, 4) is 11.5 Å². The van der Waals surface area contributed by atoms with Crippen LogP contribution in [0, 0.1) is 29.4 Å². The number of halogens is 2. The molecule has 4 unspecified atom stereocenters. The number of aromatic amines is 1. The number of aromatic nitrogens is 4. The molecule has 1 aromatic carbocycles. The molecule has 2 fully saturated rings. The molecule has 0 saturated heterocycles. The Bertz CT molecular complexity index is 1020. The number of benzene rings is 1. The SMILES string of the molecule is CCC1C2CCCC1C(Nc1nc(-c3[nH]nc4c(F)cccc34)ncc1F)C2. The van der Waals surface area contributed by atoms with E-state index in [1.54, 1.807) is 12.1 Å². The van der Waals surface area contributed by atoms with Crippen LogP contribution in [0.3, 0.4) is 0 Å². The minimum absolute atomic E-state index is 0.219. The number of hydrogen-bond donors (Lipinski definition) is 2. The number of hydrogen-bond acceptors (Lipinski definition) is 4. The average Bonchev–Trinajstić information content (AvgIpc) is 3.21. The minimum Gasteiger partial charge on any atom is -0.364 e. The van der Waals surface area contributed by atoms with Crippen molar-refractivity contribution >= 4 is 16.7 Å². The lowest BCUT2D eigenvalue weighted by Crippen LogP contribution is -2.29. The maximum Gasteiger partial charge on any atom is 0.183 e. The van der Waals surface area contributed by atoms with E-state index in [2.05, 4.69) is 32.4 Å². The molecule has 5 nitrogen and oxygen atoms in total. The number of H-pyrrole nitrogens is 1. The van der Waals surface area contributed by atoms with Gasteiger partial charge in [0.05, 0.1) is 6.20 Å². The molecule has 2 heterocycles. The zero-order valence-corrected chi connectivity index (χ0v) is 15.8. The Morgan fingerprint density at radius 2 is 2.11 bits per heavy atom. The Morgan fingerprint density at radius 3 is 2.93 bits per heavy atom. The summed E-state index contributed by atoms with van der Waals surface area (Å²) >= 11 is 0. The van der Waals surface area contributed by atoms with Gasteiger partial charge in [0, 0.05) is 11.4 Å². The van der Waals surface area contributed by atoms with E-state index in [9.17, 15) is 8.78 Å². The number of nitrogens with one attached hydrogen (secondary N) is 2. The van der Waals surface area contributed by atoms with E-state index in [0.29, 0.717) is 22.8 Å². The van der Waals surface area contributed by atoms with Gasteiger partial charge in [0.25, 0.3) is 0 Å².